The van der Waals surface area contributed by atoms with Crippen molar-refractivity contribution in [2.45, 2.75) is 12.8 Å². The molecule has 0 aromatic heterocycles. The molecule has 2 rings (SSSR count). The lowest BCUT2D eigenvalue weighted by atomic mass is 9.86. The minimum atomic E-state index is -3.69. The molecular weight excluding hydrogens is 264 g/mol. The lowest BCUT2D eigenvalue weighted by Crippen LogP contribution is -2.31. The molecule has 0 unspecified atom stereocenters. The van der Waals surface area contributed by atoms with E-state index in [1.54, 1.807) is 6.92 Å². The van der Waals surface area contributed by atoms with E-state index in [-0.39, 0.29) is 24.0 Å². The Morgan fingerprint density at radius 1 is 1.39 bits per heavy atom. The number of sulfonamides is 1. The van der Waals surface area contributed by atoms with Crippen LogP contribution in [-0.4, -0.2) is 20.8 Å². The molecule has 0 radical (unpaired) electrons. The van der Waals surface area contributed by atoms with Crippen LogP contribution in [0.2, 0.25) is 0 Å². The van der Waals surface area contributed by atoms with Gasteiger partial charge in [0.1, 0.15) is 5.75 Å². The van der Waals surface area contributed by atoms with Crippen LogP contribution in [0.3, 0.4) is 0 Å². The normalized spacial score (nSPS) is 23.3. The Morgan fingerprint density at radius 3 is 2.61 bits per heavy atom. The molecule has 0 saturated carbocycles. The molecule has 0 aliphatic carbocycles. The summed E-state index contributed by atoms with van der Waals surface area (Å²) in [4.78, 5) is 0. The summed E-state index contributed by atoms with van der Waals surface area (Å²) in [5.41, 5.74) is 0.349. The zero-order valence-corrected chi connectivity index (χ0v) is 10.5. The van der Waals surface area contributed by atoms with Crippen molar-refractivity contribution in [1.82, 2.24) is 0 Å². The van der Waals surface area contributed by atoms with E-state index >= 15 is 0 Å². The van der Waals surface area contributed by atoms with Crippen LogP contribution in [0.15, 0.2) is 12.1 Å². The maximum atomic E-state index is 13.2. The minimum absolute atomic E-state index is 0.138. The van der Waals surface area contributed by atoms with Crippen molar-refractivity contribution in [3.8, 4) is 5.75 Å². The topological polar surface area (TPSA) is 69.4 Å². The molecule has 2 atom stereocenters. The third-order valence-electron chi connectivity index (χ3n) is 3.05. The van der Waals surface area contributed by atoms with Crippen LogP contribution in [0.5, 0.6) is 5.75 Å². The van der Waals surface area contributed by atoms with Gasteiger partial charge in [-0.1, -0.05) is 6.92 Å². The van der Waals surface area contributed by atoms with Gasteiger partial charge in [-0.3, -0.25) is 0 Å². The molecule has 0 saturated heterocycles. The van der Waals surface area contributed by atoms with Gasteiger partial charge in [-0.2, -0.15) is 0 Å². The number of benzene rings is 1. The Bertz CT molecular complexity index is 574. The molecule has 0 amide bonds. The molecule has 4 nitrogen and oxygen atoms in total. The largest absolute Gasteiger partial charge is 0.493 e. The second-order valence-electron chi connectivity index (χ2n) is 4.53. The maximum absolute atomic E-state index is 13.2. The first-order valence-electron chi connectivity index (χ1n) is 5.40. The van der Waals surface area contributed by atoms with Gasteiger partial charge in [0.25, 0.3) is 0 Å². The third kappa shape index (κ3) is 2.62. The SMILES string of the molecule is C[C@@H]1COc2cc(F)c(F)cc2[C@@H]1CS(N)(=O)=O. The smallest absolute Gasteiger partial charge is 0.209 e. The van der Waals surface area contributed by atoms with Gasteiger partial charge in [0.15, 0.2) is 11.6 Å². The second kappa shape index (κ2) is 4.47. The number of rotatable bonds is 2. The summed E-state index contributed by atoms with van der Waals surface area (Å²) in [6.45, 7) is 2.03. The predicted octanol–water partition coefficient (Wildman–Crippen LogP) is 1.37. The molecule has 0 fully saturated rings. The van der Waals surface area contributed by atoms with Crippen LogP contribution in [-0.2, 0) is 10.0 Å². The molecule has 100 valence electrons. The van der Waals surface area contributed by atoms with E-state index in [9.17, 15) is 17.2 Å². The van der Waals surface area contributed by atoms with E-state index in [0.717, 1.165) is 12.1 Å². The quantitative estimate of drug-likeness (QED) is 0.887. The Hall–Kier alpha value is -1.21. The van der Waals surface area contributed by atoms with E-state index in [1.165, 1.54) is 0 Å². The van der Waals surface area contributed by atoms with Gasteiger partial charge < -0.3 is 4.74 Å². The minimum Gasteiger partial charge on any atom is -0.493 e. The highest BCUT2D eigenvalue weighted by Crippen LogP contribution is 2.38. The zero-order chi connectivity index (χ0) is 13.5. The molecule has 0 spiro atoms. The summed E-state index contributed by atoms with van der Waals surface area (Å²) < 4.78 is 53.9. The Labute approximate surface area is 104 Å². The van der Waals surface area contributed by atoms with E-state index in [1.807, 2.05) is 0 Å². The average molecular weight is 277 g/mol. The van der Waals surface area contributed by atoms with Gasteiger partial charge in [-0.25, -0.2) is 22.3 Å². The van der Waals surface area contributed by atoms with Crippen molar-refractivity contribution < 1.29 is 21.9 Å². The van der Waals surface area contributed by atoms with Crippen LogP contribution in [0.25, 0.3) is 0 Å². The van der Waals surface area contributed by atoms with Gasteiger partial charge in [0.2, 0.25) is 10.0 Å². The molecule has 1 heterocycles. The summed E-state index contributed by atoms with van der Waals surface area (Å²) in [5, 5.41) is 5.02. The van der Waals surface area contributed by atoms with Gasteiger partial charge in [0.05, 0.1) is 12.4 Å². The summed E-state index contributed by atoms with van der Waals surface area (Å²) in [7, 11) is -3.69. The Morgan fingerprint density at radius 2 is 2.00 bits per heavy atom. The molecule has 1 aliphatic heterocycles. The number of hydrogen-bond acceptors (Lipinski definition) is 3. The van der Waals surface area contributed by atoms with Gasteiger partial charge in [0, 0.05) is 17.5 Å². The monoisotopic (exact) mass is 277 g/mol. The molecule has 7 heteroatoms. The molecule has 1 aliphatic rings. The number of primary sulfonamides is 1. The molecule has 0 bridgehead atoms. The van der Waals surface area contributed by atoms with E-state index in [0.29, 0.717) is 5.56 Å². The van der Waals surface area contributed by atoms with Crippen LogP contribution >= 0.6 is 0 Å². The first-order chi connectivity index (χ1) is 8.28. The molecule has 1 aromatic rings. The highest BCUT2D eigenvalue weighted by molar-refractivity contribution is 7.89. The first-order valence-corrected chi connectivity index (χ1v) is 7.11. The third-order valence-corrected chi connectivity index (χ3v) is 3.88. The molecule has 18 heavy (non-hydrogen) atoms. The molecule has 1 aromatic carbocycles. The predicted molar refractivity (Wildman–Crippen MR) is 61.7 cm³/mol. The van der Waals surface area contributed by atoms with Crippen molar-refractivity contribution in [2.75, 3.05) is 12.4 Å². The lowest BCUT2D eigenvalue weighted by molar-refractivity contribution is 0.210. The molecular formula is C11H13F2NO3S. The molecule has 2 N–H and O–H groups in total. The number of hydrogen-bond donors (Lipinski definition) is 1. The van der Waals surface area contributed by atoms with Crippen LogP contribution < -0.4 is 9.88 Å². The van der Waals surface area contributed by atoms with Gasteiger partial charge in [-0.15, -0.1) is 0 Å². The first kappa shape index (κ1) is 13.2. The Balaban J connectivity index is 2.47. The Kier molecular flexibility index (Phi) is 3.29. The highest BCUT2D eigenvalue weighted by atomic mass is 32.2. The van der Waals surface area contributed by atoms with Gasteiger partial charge >= 0.3 is 0 Å². The number of nitrogens with two attached hydrogens (primary N) is 1. The van der Waals surface area contributed by atoms with Crippen LogP contribution in [0.4, 0.5) is 8.78 Å². The second-order valence-corrected chi connectivity index (χ2v) is 6.19. The van der Waals surface area contributed by atoms with Gasteiger partial charge in [-0.05, 0) is 12.0 Å². The maximum Gasteiger partial charge on any atom is 0.209 e. The number of halogens is 2. The number of fused-ring (bicyclic) bond motifs is 1. The summed E-state index contributed by atoms with van der Waals surface area (Å²) in [6.07, 6.45) is 0. The van der Waals surface area contributed by atoms with E-state index < -0.39 is 27.6 Å². The number of ether oxygens (including phenoxy) is 1. The lowest BCUT2D eigenvalue weighted by Gasteiger charge is -2.31. The summed E-state index contributed by atoms with van der Waals surface area (Å²) in [5.74, 6) is -2.79. The van der Waals surface area contributed by atoms with Crippen molar-refractivity contribution >= 4 is 10.0 Å². The standard InChI is InChI=1S/C11H13F2NO3S/c1-6-4-17-11-3-10(13)9(12)2-7(11)8(6)5-18(14,15)16/h2-3,6,8H,4-5H2,1H3,(H2,14,15,16)/t6-,8-/m1/s1. The fraction of sp³-hybridized carbons (Fsp3) is 0.455. The van der Waals surface area contributed by atoms with Crippen molar-refractivity contribution in [1.29, 1.82) is 0 Å². The fourth-order valence-electron chi connectivity index (χ4n) is 2.11. The van der Waals surface area contributed by atoms with Crippen LogP contribution in [0.1, 0.15) is 18.4 Å². The zero-order valence-electron chi connectivity index (χ0n) is 9.69. The van der Waals surface area contributed by atoms with E-state index in [4.69, 9.17) is 9.88 Å². The highest BCUT2D eigenvalue weighted by Gasteiger charge is 2.32. The summed E-state index contributed by atoms with van der Waals surface area (Å²) >= 11 is 0. The van der Waals surface area contributed by atoms with Crippen molar-refractivity contribution in [2.24, 2.45) is 11.1 Å². The summed E-state index contributed by atoms with van der Waals surface area (Å²) in [6, 6.07) is 1.92. The van der Waals surface area contributed by atoms with Crippen LogP contribution in [0, 0.1) is 17.6 Å². The average Bonchev–Trinajstić information content (AvgIpc) is 2.24. The van der Waals surface area contributed by atoms with Crippen molar-refractivity contribution in [3.05, 3.63) is 29.3 Å². The van der Waals surface area contributed by atoms with Crippen molar-refractivity contribution in [3.63, 3.8) is 0 Å². The van der Waals surface area contributed by atoms with E-state index in [2.05, 4.69) is 0 Å². The fourth-order valence-corrected chi connectivity index (χ4v) is 3.12.